The molecule has 1 aliphatic rings. The number of allylic oxidation sites excluding steroid dienone is 4. The number of hydrogen-bond acceptors (Lipinski definition) is 4. The van der Waals surface area contributed by atoms with Gasteiger partial charge in [-0.1, -0.05) is 47.1 Å². The molecule has 0 radical (unpaired) electrons. The van der Waals surface area contributed by atoms with Crippen molar-refractivity contribution in [1.29, 1.82) is 0 Å². The second-order valence-corrected chi connectivity index (χ2v) is 13.0. The van der Waals surface area contributed by atoms with Gasteiger partial charge in [0, 0.05) is 0 Å². The van der Waals surface area contributed by atoms with Crippen LogP contribution in [0.2, 0.25) is 0 Å². The standard InChI is InChI=1S/C12H24O4Si4/c1-5-9-17-13-18(10-6-2)15-20(12-8-4)16-19(14-17)11-7-3/h5-12,17-20H,1-4H3. The largest absolute Gasteiger partial charge is 0.414 e. The summed E-state index contributed by atoms with van der Waals surface area (Å²) in [5.41, 5.74) is 8.16. The molecule has 0 bridgehead atoms. The van der Waals surface area contributed by atoms with E-state index in [2.05, 4.69) is 0 Å². The Bertz CT molecular complexity index is 304. The average Bonchev–Trinajstić information content (AvgIpc) is 2.37. The lowest BCUT2D eigenvalue weighted by atomic mass is 10.8. The van der Waals surface area contributed by atoms with E-state index < -0.39 is 37.1 Å². The van der Waals surface area contributed by atoms with Crippen LogP contribution >= 0.6 is 0 Å². The van der Waals surface area contributed by atoms with E-state index in [1.165, 1.54) is 0 Å². The number of hydrogen-bond donors (Lipinski definition) is 0. The Hall–Kier alpha value is -0.332. The van der Waals surface area contributed by atoms with Crippen LogP contribution in [0.15, 0.2) is 47.1 Å². The van der Waals surface area contributed by atoms with Crippen molar-refractivity contribution in [2.75, 3.05) is 0 Å². The van der Waals surface area contributed by atoms with Crippen molar-refractivity contribution in [3.63, 3.8) is 0 Å². The third-order valence-corrected chi connectivity index (χ3v) is 13.9. The topological polar surface area (TPSA) is 36.9 Å². The van der Waals surface area contributed by atoms with Crippen LogP contribution in [0.1, 0.15) is 27.7 Å². The molecule has 112 valence electrons. The molecule has 1 fully saturated rings. The molecule has 0 N–H and O–H groups in total. The van der Waals surface area contributed by atoms with Crippen molar-refractivity contribution in [3.05, 3.63) is 47.1 Å². The molecule has 0 aromatic rings. The Morgan fingerprint density at radius 2 is 0.650 bits per heavy atom. The van der Waals surface area contributed by atoms with E-state index in [0.717, 1.165) is 0 Å². The molecule has 0 unspecified atom stereocenters. The Kier molecular flexibility index (Phi) is 9.22. The fourth-order valence-corrected chi connectivity index (χ4v) is 13.4. The van der Waals surface area contributed by atoms with Crippen molar-refractivity contribution in [2.24, 2.45) is 0 Å². The van der Waals surface area contributed by atoms with Gasteiger partial charge in [-0.25, -0.2) is 0 Å². The minimum atomic E-state index is -1.84. The molecule has 0 amide bonds. The van der Waals surface area contributed by atoms with Gasteiger partial charge in [-0.2, -0.15) is 0 Å². The fraction of sp³-hybridized carbons (Fsp3) is 0.333. The van der Waals surface area contributed by atoms with Gasteiger partial charge in [0.05, 0.1) is 0 Å². The summed E-state index contributed by atoms with van der Waals surface area (Å²) in [6.45, 7) is 7.93. The van der Waals surface area contributed by atoms with E-state index in [0.29, 0.717) is 0 Å². The lowest BCUT2D eigenvalue weighted by molar-refractivity contribution is 0.306. The van der Waals surface area contributed by atoms with Gasteiger partial charge in [0.1, 0.15) is 0 Å². The third-order valence-electron chi connectivity index (χ3n) is 2.47. The minimum absolute atomic E-state index is 1.84. The van der Waals surface area contributed by atoms with Crippen LogP contribution in [0.25, 0.3) is 0 Å². The molecule has 0 spiro atoms. The first-order valence-corrected chi connectivity index (χ1v) is 13.3. The van der Waals surface area contributed by atoms with Crippen molar-refractivity contribution in [2.45, 2.75) is 27.7 Å². The van der Waals surface area contributed by atoms with E-state index in [-0.39, 0.29) is 0 Å². The van der Waals surface area contributed by atoms with E-state index in [4.69, 9.17) is 16.5 Å². The smallest absolute Gasteiger partial charge is 0.330 e. The van der Waals surface area contributed by atoms with Crippen molar-refractivity contribution in [1.82, 2.24) is 0 Å². The van der Waals surface area contributed by atoms with Crippen LogP contribution in [-0.4, -0.2) is 37.1 Å². The molecule has 0 saturated carbocycles. The summed E-state index contributed by atoms with van der Waals surface area (Å²) < 4.78 is 24.4. The molecular weight excluding hydrogens is 320 g/mol. The molecule has 1 aliphatic heterocycles. The highest BCUT2D eigenvalue weighted by Gasteiger charge is 2.30. The summed E-state index contributed by atoms with van der Waals surface area (Å²) >= 11 is 0. The first-order valence-electron chi connectivity index (χ1n) is 6.86. The summed E-state index contributed by atoms with van der Waals surface area (Å²) in [4.78, 5) is 0. The molecule has 0 aromatic heterocycles. The first kappa shape index (κ1) is 17.7. The molecule has 0 atom stereocenters. The predicted molar refractivity (Wildman–Crippen MR) is 92.2 cm³/mol. The molecule has 20 heavy (non-hydrogen) atoms. The molecular formula is C12H24O4Si4. The lowest BCUT2D eigenvalue weighted by Crippen LogP contribution is -2.46. The predicted octanol–water partition coefficient (Wildman–Crippen LogP) is 1.41. The van der Waals surface area contributed by atoms with Crippen LogP contribution in [-0.2, 0) is 16.5 Å². The van der Waals surface area contributed by atoms with Crippen molar-refractivity contribution in [3.8, 4) is 0 Å². The van der Waals surface area contributed by atoms with E-state index >= 15 is 0 Å². The van der Waals surface area contributed by atoms with Crippen molar-refractivity contribution >= 4 is 37.1 Å². The van der Waals surface area contributed by atoms with E-state index in [1.807, 2.05) is 74.8 Å². The van der Waals surface area contributed by atoms with Gasteiger partial charge in [-0.3, -0.25) is 0 Å². The summed E-state index contributed by atoms with van der Waals surface area (Å²) in [5.74, 6) is 0. The summed E-state index contributed by atoms with van der Waals surface area (Å²) in [6.07, 6.45) is 7.95. The maximum atomic E-state index is 6.11. The number of rotatable bonds is 4. The molecule has 1 saturated heterocycles. The maximum absolute atomic E-state index is 6.11. The van der Waals surface area contributed by atoms with Gasteiger partial charge in [-0.15, -0.1) is 0 Å². The molecule has 8 heteroatoms. The lowest BCUT2D eigenvalue weighted by Gasteiger charge is -2.30. The van der Waals surface area contributed by atoms with Crippen LogP contribution in [0.3, 0.4) is 0 Å². The fourth-order valence-electron chi connectivity index (χ4n) is 1.65. The Labute approximate surface area is 128 Å². The van der Waals surface area contributed by atoms with Gasteiger partial charge in [0.25, 0.3) is 0 Å². The highest BCUT2D eigenvalue weighted by atomic mass is 28.5. The molecule has 0 aromatic carbocycles. The maximum Gasteiger partial charge on any atom is 0.330 e. The monoisotopic (exact) mass is 344 g/mol. The summed E-state index contributed by atoms with van der Waals surface area (Å²) in [6, 6.07) is 0. The van der Waals surface area contributed by atoms with Crippen LogP contribution < -0.4 is 0 Å². The Morgan fingerprint density at radius 3 is 0.800 bits per heavy atom. The highest BCUT2D eigenvalue weighted by Crippen LogP contribution is 2.11. The SMILES string of the molecule is CC=C[SiH]1O[SiH](C=CC)O[SiH](C=CC)O[SiH](C=CC)O1. The zero-order valence-corrected chi connectivity index (χ0v) is 17.2. The zero-order valence-electron chi connectivity index (χ0n) is 12.6. The highest BCUT2D eigenvalue weighted by molar-refractivity contribution is 6.79. The second-order valence-electron chi connectivity index (χ2n) is 4.12. The van der Waals surface area contributed by atoms with E-state index in [1.54, 1.807) is 0 Å². The normalized spacial score (nSPS) is 33.4. The Morgan fingerprint density at radius 1 is 0.450 bits per heavy atom. The summed E-state index contributed by atoms with van der Waals surface area (Å²) in [5, 5.41) is 0. The van der Waals surface area contributed by atoms with Crippen molar-refractivity contribution < 1.29 is 16.5 Å². The second kappa shape index (κ2) is 10.4. The van der Waals surface area contributed by atoms with Crippen LogP contribution in [0, 0.1) is 0 Å². The van der Waals surface area contributed by atoms with E-state index in [9.17, 15) is 0 Å². The quantitative estimate of drug-likeness (QED) is 0.723. The molecule has 1 rings (SSSR count). The van der Waals surface area contributed by atoms with Gasteiger partial charge in [0.2, 0.25) is 0 Å². The zero-order chi connectivity index (χ0) is 14.8. The summed E-state index contributed by atoms with van der Waals surface area (Å²) in [7, 11) is -7.35. The van der Waals surface area contributed by atoms with Gasteiger partial charge >= 0.3 is 37.1 Å². The van der Waals surface area contributed by atoms with Gasteiger partial charge in [-0.05, 0) is 27.7 Å². The molecule has 4 nitrogen and oxygen atoms in total. The molecule has 0 aliphatic carbocycles. The third kappa shape index (κ3) is 6.41. The first-order chi connectivity index (χ1) is 9.73. The minimum Gasteiger partial charge on any atom is -0.414 e. The van der Waals surface area contributed by atoms with Gasteiger partial charge in [0.15, 0.2) is 0 Å². The average molecular weight is 345 g/mol. The van der Waals surface area contributed by atoms with Gasteiger partial charge < -0.3 is 16.5 Å². The van der Waals surface area contributed by atoms with Crippen LogP contribution in [0.4, 0.5) is 0 Å². The Balaban J connectivity index is 2.89. The van der Waals surface area contributed by atoms with Crippen LogP contribution in [0.5, 0.6) is 0 Å². The molecule has 1 heterocycles.